The molecule has 2 heterocycles. The normalized spacial score (nSPS) is 10.8. The quantitative estimate of drug-likeness (QED) is 0.736. The number of aromatic nitrogens is 3. The summed E-state index contributed by atoms with van der Waals surface area (Å²) in [6.45, 7) is 0. The van der Waals surface area contributed by atoms with Crippen LogP contribution in [0, 0.1) is 0 Å². The molecule has 0 aliphatic heterocycles. The van der Waals surface area contributed by atoms with Crippen molar-refractivity contribution in [2.45, 2.75) is 6.42 Å². The lowest BCUT2D eigenvalue weighted by Crippen LogP contribution is -1.97. The molecule has 0 aliphatic rings. The van der Waals surface area contributed by atoms with E-state index in [9.17, 15) is 0 Å². The van der Waals surface area contributed by atoms with Crippen LogP contribution in [-0.2, 0) is 6.42 Å². The van der Waals surface area contributed by atoms with E-state index < -0.39 is 0 Å². The molecule has 19 heavy (non-hydrogen) atoms. The Labute approximate surface area is 115 Å². The predicted octanol–water partition coefficient (Wildman–Crippen LogP) is 2.98. The van der Waals surface area contributed by atoms with Crippen LogP contribution in [0.25, 0.3) is 5.65 Å². The maximum Gasteiger partial charge on any atom is 0.203 e. The highest BCUT2D eigenvalue weighted by Gasteiger charge is 2.11. The van der Waals surface area contributed by atoms with Crippen LogP contribution in [-0.4, -0.2) is 21.7 Å². The van der Waals surface area contributed by atoms with E-state index in [0.29, 0.717) is 17.8 Å². The number of methoxy groups -OCH3 is 1. The molecule has 0 unspecified atom stereocenters. The Morgan fingerprint density at radius 3 is 2.79 bits per heavy atom. The van der Waals surface area contributed by atoms with Gasteiger partial charge in [0.1, 0.15) is 5.82 Å². The Morgan fingerprint density at radius 1 is 1.16 bits per heavy atom. The van der Waals surface area contributed by atoms with Gasteiger partial charge in [-0.25, -0.2) is 0 Å². The number of benzene rings is 1. The van der Waals surface area contributed by atoms with Gasteiger partial charge in [-0.3, -0.25) is 4.40 Å². The number of rotatable bonds is 3. The molecule has 0 fully saturated rings. The van der Waals surface area contributed by atoms with E-state index in [1.165, 1.54) is 0 Å². The number of nitrogens with zero attached hydrogens (tertiary/aromatic N) is 3. The summed E-state index contributed by atoms with van der Waals surface area (Å²) >= 11 is 6.17. The second kappa shape index (κ2) is 4.90. The first kappa shape index (κ1) is 12.0. The summed E-state index contributed by atoms with van der Waals surface area (Å²) in [5.41, 5.74) is 1.74. The number of pyridine rings is 1. The van der Waals surface area contributed by atoms with Crippen LogP contribution in [0.3, 0.4) is 0 Å². The van der Waals surface area contributed by atoms with Gasteiger partial charge in [0.2, 0.25) is 5.65 Å². The van der Waals surface area contributed by atoms with Crippen LogP contribution in [0.15, 0.2) is 42.6 Å². The highest BCUT2D eigenvalue weighted by molar-refractivity contribution is 6.31. The third-order valence-corrected chi connectivity index (χ3v) is 3.36. The van der Waals surface area contributed by atoms with Gasteiger partial charge in [0.25, 0.3) is 0 Å². The second-order valence-electron chi connectivity index (χ2n) is 4.15. The maximum absolute atomic E-state index is 6.17. The van der Waals surface area contributed by atoms with Gasteiger partial charge in [-0.15, -0.1) is 10.2 Å². The fourth-order valence-electron chi connectivity index (χ4n) is 2.03. The molecule has 0 atom stereocenters. The van der Waals surface area contributed by atoms with E-state index >= 15 is 0 Å². The number of ether oxygens (including phenoxy) is 1. The lowest BCUT2D eigenvalue weighted by atomic mass is 10.1. The van der Waals surface area contributed by atoms with Crippen molar-refractivity contribution < 1.29 is 4.74 Å². The molecule has 0 aliphatic carbocycles. The molecule has 0 saturated carbocycles. The molecule has 3 aromatic rings. The molecule has 0 radical (unpaired) electrons. The van der Waals surface area contributed by atoms with Crippen molar-refractivity contribution in [3.63, 3.8) is 0 Å². The topological polar surface area (TPSA) is 39.4 Å². The monoisotopic (exact) mass is 273 g/mol. The second-order valence-corrected chi connectivity index (χ2v) is 4.56. The number of halogens is 1. The van der Waals surface area contributed by atoms with E-state index in [1.54, 1.807) is 7.11 Å². The first-order chi connectivity index (χ1) is 9.29. The molecule has 3 rings (SSSR count). The Balaban J connectivity index is 2.05. The zero-order valence-corrected chi connectivity index (χ0v) is 11.1. The Morgan fingerprint density at radius 2 is 2.00 bits per heavy atom. The molecule has 5 heteroatoms. The lowest BCUT2D eigenvalue weighted by molar-refractivity contribution is 0.416. The van der Waals surface area contributed by atoms with Crippen LogP contribution >= 0.6 is 11.6 Å². The van der Waals surface area contributed by atoms with Crippen molar-refractivity contribution in [2.75, 3.05) is 7.11 Å². The van der Waals surface area contributed by atoms with Gasteiger partial charge in [0.05, 0.1) is 7.11 Å². The Hall–Kier alpha value is -2.07. The molecule has 96 valence electrons. The highest BCUT2D eigenvalue weighted by Crippen LogP contribution is 2.21. The number of hydrogen-bond acceptors (Lipinski definition) is 3. The summed E-state index contributed by atoms with van der Waals surface area (Å²) in [5.74, 6) is 1.54. The number of fused-ring (bicyclic) bond motifs is 1. The van der Waals surface area contributed by atoms with Crippen molar-refractivity contribution in [3.8, 4) is 5.75 Å². The third-order valence-electron chi connectivity index (χ3n) is 3.00. The summed E-state index contributed by atoms with van der Waals surface area (Å²) in [4.78, 5) is 0. The van der Waals surface area contributed by atoms with Gasteiger partial charge in [-0.2, -0.15) is 0 Å². The molecular weight excluding hydrogens is 262 g/mol. The van der Waals surface area contributed by atoms with E-state index in [1.807, 2.05) is 47.0 Å². The fraction of sp³-hybridized carbons (Fsp3) is 0.143. The third kappa shape index (κ3) is 2.15. The first-order valence-corrected chi connectivity index (χ1v) is 6.27. The SMILES string of the molecule is COc1cccn2c(Cc3ccccc3Cl)nnc12. The van der Waals surface area contributed by atoms with Crippen LogP contribution < -0.4 is 4.74 Å². The van der Waals surface area contributed by atoms with Crippen molar-refractivity contribution >= 4 is 17.2 Å². The Kier molecular flexibility index (Phi) is 3.09. The highest BCUT2D eigenvalue weighted by atomic mass is 35.5. The van der Waals surface area contributed by atoms with Gasteiger partial charge in [-0.05, 0) is 23.8 Å². The smallest absolute Gasteiger partial charge is 0.203 e. The van der Waals surface area contributed by atoms with Crippen molar-refractivity contribution in [2.24, 2.45) is 0 Å². The minimum Gasteiger partial charge on any atom is -0.493 e. The average Bonchev–Trinajstić information content (AvgIpc) is 2.84. The van der Waals surface area contributed by atoms with E-state index in [0.717, 1.165) is 16.4 Å². The maximum atomic E-state index is 6.17. The van der Waals surface area contributed by atoms with Crippen molar-refractivity contribution in [1.29, 1.82) is 0 Å². The van der Waals surface area contributed by atoms with Gasteiger partial charge in [0.15, 0.2) is 5.75 Å². The molecule has 1 aromatic carbocycles. The molecule has 0 spiro atoms. The van der Waals surface area contributed by atoms with E-state index in [4.69, 9.17) is 16.3 Å². The van der Waals surface area contributed by atoms with Crippen molar-refractivity contribution in [3.05, 3.63) is 59.0 Å². The molecule has 2 aromatic heterocycles. The average molecular weight is 274 g/mol. The standard InChI is InChI=1S/C14H12ClN3O/c1-19-12-7-4-8-18-13(16-17-14(12)18)9-10-5-2-3-6-11(10)15/h2-8H,9H2,1H3. The van der Waals surface area contributed by atoms with Gasteiger partial charge < -0.3 is 4.74 Å². The molecule has 0 N–H and O–H groups in total. The zero-order chi connectivity index (χ0) is 13.2. The van der Waals surface area contributed by atoms with Crippen LogP contribution in [0.4, 0.5) is 0 Å². The van der Waals surface area contributed by atoms with Gasteiger partial charge in [-0.1, -0.05) is 29.8 Å². The van der Waals surface area contributed by atoms with Crippen LogP contribution in [0.1, 0.15) is 11.4 Å². The number of hydrogen-bond donors (Lipinski definition) is 0. The predicted molar refractivity (Wildman–Crippen MR) is 73.8 cm³/mol. The molecule has 0 bridgehead atoms. The minimum absolute atomic E-state index is 0.633. The summed E-state index contributed by atoms with van der Waals surface area (Å²) in [6.07, 6.45) is 2.55. The van der Waals surface area contributed by atoms with Crippen LogP contribution in [0.2, 0.25) is 5.02 Å². The zero-order valence-electron chi connectivity index (χ0n) is 10.4. The van der Waals surface area contributed by atoms with E-state index in [2.05, 4.69) is 10.2 Å². The van der Waals surface area contributed by atoms with Crippen LogP contribution in [0.5, 0.6) is 5.75 Å². The molecular formula is C14H12ClN3O. The summed E-state index contributed by atoms with van der Waals surface area (Å²) in [5, 5.41) is 9.11. The summed E-state index contributed by atoms with van der Waals surface area (Å²) < 4.78 is 7.18. The Bertz CT molecular complexity index is 724. The summed E-state index contributed by atoms with van der Waals surface area (Å²) in [7, 11) is 1.62. The van der Waals surface area contributed by atoms with E-state index in [-0.39, 0.29) is 0 Å². The van der Waals surface area contributed by atoms with Gasteiger partial charge in [0, 0.05) is 17.6 Å². The largest absolute Gasteiger partial charge is 0.493 e. The van der Waals surface area contributed by atoms with Gasteiger partial charge >= 0.3 is 0 Å². The summed E-state index contributed by atoms with van der Waals surface area (Å²) in [6, 6.07) is 11.5. The lowest BCUT2D eigenvalue weighted by Gasteiger charge is -2.04. The van der Waals surface area contributed by atoms with Crippen molar-refractivity contribution in [1.82, 2.24) is 14.6 Å². The molecule has 0 amide bonds. The first-order valence-electron chi connectivity index (χ1n) is 5.89. The molecule has 4 nitrogen and oxygen atoms in total. The molecule has 0 saturated heterocycles. The minimum atomic E-state index is 0.633. The fourth-order valence-corrected chi connectivity index (χ4v) is 2.23.